The maximum Gasteiger partial charge on any atom is 0.338 e. The molecule has 1 aromatic carbocycles. The van der Waals surface area contributed by atoms with Crippen molar-refractivity contribution in [1.29, 1.82) is 0 Å². The fraction of sp³-hybridized carbons (Fsp3) is 0.364. The molecule has 4 nitrogen and oxygen atoms in total. The highest BCUT2D eigenvalue weighted by Gasteiger charge is 2.21. The Morgan fingerprint density at radius 2 is 2.18 bits per heavy atom. The van der Waals surface area contributed by atoms with E-state index < -0.39 is 23.2 Å². The second kappa shape index (κ2) is 4.67. The fourth-order valence-electron chi connectivity index (χ4n) is 1.69. The Bertz CT molecular complexity index is 445. The van der Waals surface area contributed by atoms with E-state index in [1.165, 1.54) is 6.07 Å². The molecule has 0 aliphatic carbocycles. The lowest BCUT2D eigenvalue weighted by molar-refractivity contribution is 0.0690. The van der Waals surface area contributed by atoms with E-state index in [0.29, 0.717) is 19.6 Å². The largest absolute Gasteiger partial charge is 0.478 e. The van der Waals surface area contributed by atoms with Gasteiger partial charge in [0.2, 0.25) is 0 Å². The van der Waals surface area contributed by atoms with Gasteiger partial charge in [0.25, 0.3) is 0 Å². The van der Waals surface area contributed by atoms with Crippen LogP contribution in [0.1, 0.15) is 16.8 Å². The van der Waals surface area contributed by atoms with Gasteiger partial charge in [0, 0.05) is 6.61 Å². The van der Waals surface area contributed by atoms with Gasteiger partial charge in [-0.15, -0.1) is 0 Å². The summed E-state index contributed by atoms with van der Waals surface area (Å²) >= 11 is 0. The number of nitrogens with one attached hydrogen (secondary N) is 1. The molecule has 1 heterocycles. The number of aromatic carboxylic acids is 1. The van der Waals surface area contributed by atoms with Gasteiger partial charge in [-0.2, -0.15) is 0 Å². The van der Waals surface area contributed by atoms with Crippen molar-refractivity contribution in [2.75, 3.05) is 18.5 Å². The molecule has 0 spiro atoms. The van der Waals surface area contributed by atoms with E-state index in [0.717, 1.165) is 6.07 Å². The highest BCUT2D eigenvalue weighted by molar-refractivity contribution is 5.88. The van der Waals surface area contributed by atoms with Crippen LogP contribution in [0.15, 0.2) is 12.1 Å². The third-order valence-corrected chi connectivity index (χ3v) is 2.60. The van der Waals surface area contributed by atoms with Crippen molar-refractivity contribution in [3.8, 4) is 0 Å². The lowest BCUT2D eigenvalue weighted by atomic mass is 10.1. The van der Waals surface area contributed by atoms with E-state index in [9.17, 15) is 13.6 Å². The first-order valence-electron chi connectivity index (χ1n) is 5.15. The van der Waals surface area contributed by atoms with Gasteiger partial charge in [-0.1, -0.05) is 0 Å². The molecule has 92 valence electrons. The molecule has 2 N–H and O–H groups in total. The first-order valence-corrected chi connectivity index (χ1v) is 5.15. The SMILES string of the molecule is O=C(O)c1ccc(NC2CCOC2)c(F)c1F. The smallest absolute Gasteiger partial charge is 0.338 e. The molecule has 0 bridgehead atoms. The van der Waals surface area contributed by atoms with E-state index in [2.05, 4.69) is 5.32 Å². The number of anilines is 1. The van der Waals surface area contributed by atoms with Crippen molar-refractivity contribution >= 4 is 11.7 Å². The summed E-state index contributed by atoms with van der Waals surface area (Å²) < 4.78 is 32.0. The molecule has 17 heavy (non-hydrogen) atoms. The summed E-state index contributed by atoms with van der Waals surface area (Å²) in [7, 11) is 0. The summed E-state index contributed by atoms with van der Waals surface area (Å²) in [6, 6.07) is 2.19. The van der Waals surface area contributed by atoms with E-state index in [4.69, 9.17) is 9.84 Å². The number of rotatable bonds is 3. The Kier molecular flexibility index (Phi) is 3.23. The minimum absolute atomic E-state index is 0.0389. The Morgan fingerprint density at radius 1 is 1.41 bits per heavy atom. The van der Waals surface area contributed by atoms with Gasteiger partial charge in [-0.25, -0.2) is 13.6 Å². The van der Waals surface area contributed by atoms with Gasteiger partial charge in [0.1, 0.15) is 0 Å². The Labute approximate surface area is 96.2 Å². The molecule has 1 atom stereocenters. The van der Waals surface area contributed by atoms with Crippen molar-refractivity contribution in [3.05, 3.63) is 29.3 Å². The van der Waals surface area contributed by atoms with Gasteiger partial charge in [0.05, 0.1) is 23.9 Å². The van der Waals surface area contributed by atoms with E-state index >= 15 is 0 Å². The van der Waals surface area contributed by atoms with Crippen molar-refractivity contribution in [2.24, 2.45) is 0 Å². The van der Waals surface area contributed by atoms with Crippen LogP contribution in [0.3, 0.4) is 0 Å². The first kappa shape index (κ1) is 11.8. The number of hydrogen-bond acceptors (Lipinski definition) is 3. The molecule has 1 aliphatic rings. The number of carboxylic acid groups (broad SMARTS) is 1. The predicted molar refractivity (Wildman–Crippen MR) is 56.2 cm³/mol. The van der Waals surface area contributed by atoms with E-state index in [1.807, 2.05) is 0 Å². The van der Waals surface area contributed by atoms with Crippen LogP contribution in [0.25, 0.3) is 0 Å². The summed E-state index contributed by atoms with van der Waals surface area (Å²) in [5.41, 5.74) is -0.710. The van der Waals surface area contributed by atoms with Crippen LogP contribution in [0.2, 0.25) is 0 Å². The molecule has 2 rings (SSSR count). The summed E-state index contributed by atoms with van der Waals surface area (Å²) in [6.07, 6.45) is 0.710. The quantitative estimate of drug-likeness (QED) is 0.850. The monoisotopic (exact) mass is 243 g/mol. The number of carbonyl (C=O) groups is 1. The Balaban J connectivity index is 2.23. The van der Waals surface area contributed by atoms with Crippen LogP contribution in [-0.2, 0) is 4.74 Å². The summed E-state index contributed by atoms with van der Waals surface area (Å²) in [5, 5.41) is 11.4. The summed E-state index contributed by atoms with van der Waals surface area (Å²) in [4.78, 5) is 10.6. The molecule has 0 saturated carbocycles. The molecule has 6 heteroatoms. The Morgan fingerprint density at radius 3 is 2.76 bits per heavy atom. The Hall–Kier alpha value is -1.69. The predicted octanol–water partition coefficient (Wildman–Crippen LogP) is 1.86. The molecule has 0 aromatic heterocycles. The second-order valence-corrected chi connectivity index (χ2v) is 3.80. The molecule has 0 amide bonds. The number of ether oxygens (including phenoxy) is 1. The van der Waals surface area contributed by atoms with Gasteiger partial charge in [0.15, 0.2) is 11.6 Å². The van der Waals surface area contributed by atoms with Gasteiger partial charge in [-0.05, 0) is 18.6 Å². The van der Waals surface area contributed by atoms with Gasteiger partial charge >= 0.3 is 5.97 Å². The number of halogens is 2. The molecule has 1 aromatic rings. The second-order valence-electron chi connectivity index (χ2n) is 3.80. The normalized spacial score (nSPS) is 19.3. The highest BCUT2D eigenvalue weighted by atomic mass is 19.2. The van der Waals surface area contributed by atoms with Crippen LogP contribution in [-0.4, -0.2) is 30.3 Å². The van der Waals surface area contributed by atoms with Crippen LogP contribution in [0.5, 0.6) is 0 Å². The minimum Gasteiger partial charge on any atom is -0.478 e. The summed E-state index contributed by atoms with van der Waals surface area (Å²) in [5.74, 6) is -4.00. The molecule has 1 saturated heterocycles. The lowest BCUT2D eigenvalue weighted by Crippen LogP contribution is -2.20. The maximum atomic E-state index is 13.5. The van der Waals surface area contributed by atoms with Crippen molar-refractivity contribution < 1.29 is 23.4 Å². The van der Waals surface area contributed by atoms with Crippen LogP contribution in [0, 0.1) is 11.6 Å². The van der Waals surface area contributed by atoms with Crippen LogP contribution >= 0.6 is 0 Å². The average Bonchev–Trinajstić information content (AvgIpc) is 2.77. The third-order valence-electron chi connectivity index (χ3n) is 2.60. The van der Waals surface area contributed by atoms with Crippen molar-refractivity contribution in [1.82, 2.24) is 0 Å². The van der Waals surface area contributed by atoms with Crippen molar-refractivity contribution in [3.63, 3.8) is 0 Å². The zero-order chi connectivity index (χ0) is 12.4. The number of carboxylic acids is 1. The lowest BCUT2D eigenvalue weighted by Gasteiger charge is -2.13. The van der Waals surface area contributed by atoms with Crippen LogP contribution in [0.4, 0.5) is 14.5 Å². The average molecular weight is 243 g/mol. The minimum atomic E-state index is -1.49. The van der Waals surface area contributed by atoms with Gasteiger partial charge < -0.3 is 15.2 Å². The van der Waals surface area contributed by atoms with Gasteiger partial charge in [-0.3, -0.25) is 0 Å². The molecular weight excluding hydrogens is 232 g/mol. The number of hydrogen-bond donors (Lipinski definition) is 2. The van der Waals surface area contributed by atoms with E-state index in [1.54, 1.807) is 0 Å². The van der Waals surface area contributed by atoms with Crippen LogP contribution < -0.4 is 5.32 Å². The molecule has 0 radical (unpaired) electrons. The van der Waals surface area contributed by atoms with Crippen molar-refractivity contribution in [2.45, 2.75) is 12.5 Å². The highest BCUT2D eigenvalue weighted by Crippen LogP contribution is 2.22. The molecule has 1 aliphatic heterocycles. The fourth-order valence-corrected chi connectivity index (χ4v) is 1.69. The zero-order valence-corrected chi connectivity index (χ0v) is 8.87. The molecule has 1 unspecified atom stereocenters. The first-order chi connectivity index (χ1) is 8.09. The topological polar surface area (TPSA) is 58.6 Å². The number of benzene rings is 1. The molecular formula is C11H11F2NO3. The standard InChI is InChI=1S/C11H11F2NO3/c12-9-7(11(15)16)1-2-8(10(9)13)14-6-3-4-17-5-6/h1-2,6,14H,3-5H2,(H,15,16). The van der Waals surface area contributed by atoms with E-state index in [-0.39, 0.29) is 11.7 Å². The maximum absolute atomic E-state index is 13.5. The molecule has 1 fully saturated rings. The third kappa shape index (κ3) is 2.36. The zero-order valence-electron chi connectivity index (χ0n) is 8.87. The summed E-state index contributed by atoms with van der Waals surface area (Å²) in [6.45, 7) is 1.01.